The molecule has 0 saturated carbocycles. The van der Waals surface area contributed by atoms with E-state index < -0.39 is 0 Å². The SMILES string of the molecule is Cc1cc(C(C)C)c2c(n1)[C@H](C)[C@H](C)[C@H](C)[C@H](C)CN2C(C)C. The van der Waals surface area contributed by atoms with Crippen molar-refractivity contribution in [2.75, 3.05) is 11.4 Å². The second-order valence-corrected chi connectivity index (χ2v) is 8.47. The van der Waals surface area contributed by atoms with Crippen molar-refractivity contribution in [3.05, 3.63) is 23.0 Å². The molecule has 1 aliphatic heterocycles. The summed E-state index contributed by atoms with van der Waals surface area (Å²) in [6.45, 7) is 22.2. The van der Waals surface area contributed by atoms with Gasteiger partial charge in [-0.15, -0.1) is 0 Å². The van der Waals surface area contributed by atoms with E-state index in [0.29, 0.717) is 35.6 Å². The number of fused-ring (bicyclic) bond motifs is 1. The van der Waals surface area contributed by atoms with E-state index >= 15 is 0 Å². The van der Waals surface area contributed by atoms with Crippen molar-refractivity contribution in [1.82, 2.24) is 4.98 Å². The first kappa shape index (κ1) is 18.3. The van der Waals surface area contributed by atoms with Gasteiger partial charge in [0.15, 0.2) is 0 Å². The Labute approximate surface area is 143 Å². The molecule has 1 aliphatic rings. The molecule has 2 nitrogen and oxygen atoms in total. The molecule has 0 N–H and O–H groups in total. The van der Waals surface area contributed by atoms with Crippen LogP contribution >= 0.6 is 0 Å². The largest absolute Gasteiger partial charge is 0.367 e. The van der Waals surface area contributed by atoms with Crippen LogP contribution in [0.2, 0.25) is 0 Å². The molecule has 0 radical (unpaired) electrons. The molecule has 4 atom stereocenters. The molecule has 0 aliphatic carbocycles. The predicted molar refractivity (Wildman–Crippen MR) is 101 cm³/mol. The summed E-state index contributed by atoms with van der Waals surface area (Å²) in [7, 11) is 0. The molecule has 0 amide bonds. The zero-order chi connectivity index (χ0) is 17.5. The average Bonchev–Trinajstić information content (AvgIpc) is 2.48. The van der Waals surface area contributed by atoms with Gasteiger partial charge in [-0.3, -0.25) is 4.98 Å². The van der Waals surface area contributed by atoms with E-state index in [4.69, 9.17) is 4.98 Å². The first-order chi connectivity index (χ1) is 10.6. The lowest BCUT2D eigenvalue weighted by Gasteiger charge is -2.43. The van der Waals surface area contributed by atoms with Gasteiger partial charge in [0.1, 0.15) is 0 Å². The van der Waals surface area contributed by atoms with Crippen LogP contribution in [0.3, 0.4) is 0 Å². The van der Waals surface area contributed by atoms with Gasteiger partial charge in [0, 0.05) is 24.2 Å². The number of nitrogens with zero attached hydrogens (tertiary/aromatic N) is 2. The lowest BCUT2D eigenvalue weighted by molar-refractivity contribution is 0.240. The summed E-state index contributed by atoms with van der Waals surface area (Å²) in [6, 6.07) is 2.82. The number of hydrogen-bond acceptors (Lipinski definition) is 2. The Morgan fingerprint density at radius 3 is 2.17 bits per heavy atom. The monoisotopic (exact) mass is 316 g/mol. The van der Waals surface area contributed by atoms with Gasteiger partial charge in [-0.2, -0.15) is 0 Å². The first-order valence-electron chi connectivity index (χ1n) is 9.43. The van der Waals surface area contributed by atoms with Gasteiger partial charge >= 0.3 is 0 Å². The van der Waals surface area contributed by atoms with Crippen LogP contribution in [-0.4, -0.2) is 17.6 Å². The molecule has 1 aromatic rings. The first-order valence-corrected chi connectivity index (χ1v) is 9.43. The van der Waals surface area contributed by atoms with Crippen LogP contribution < -0.4 is 4.90 Å². The minimum Gasteiger partial charge on any atom is -0.367 e. The molecular formula is C21H36N2. The van der Waals surface area contributed by atoms with Gasteiger partial charge in [-0.25, -0.2) is 0 Å². The molecule has 2 heteroatoms. The van der Waals surface area contributed by atoms with Crippen molar-refractivity contribution in [1.29, 1.82) is 0 Å². The highest BCUT2D eigenvalue weighted by Crippen LogP contribution is 2.43. The van der Waals surface area contributed by atoms with Crippen molar-refractivity contribution in [3.8, 4) is 0 Å². The zero-order valence-corrected chi connectivity index (χ0v) is 16.6. The molecule has 1 aromatic heterocycles. The third kappa shape index (κ3) is 3.41. The van der Waals surface area contributed by atoms with Crippen LogP contribution in [0, 0.1) is 24.7 Å². The molecule has 23 heavy (non-hydrogen) atoms. The van der Waals surface area contributed by atoms with E-state index in [1.807, 2.05) is 0 Å². The van der Waals surface area contributed by atoms with Crippen molar-refractivity contribution >= 4 is 5.69 Å². The average molecular weight is 317 g/mol. The van der Waals surface area contributed by atoms with Gasteiger partial charge < -0.3 is 4.90 Å². The number of aromatic nitrogens is 1. The smallest absolute Gasteiger partial charge is 0.0673 e. The van der Waals surface area contributed by atoms with E-state index in [1.54, 1.807) is 0 Å². The molecule has 2 rings (SSSR count). The fourth-order valence-electron chi connectivity index (χ4n) is 4.05. The van der Waals surface area contributed by atoms with Crippen LogP contribution in [0.15, 0.2) is 6.07 Å². The molecule has 130 valence electrons. The topological polar surface area (TPSA) is 16.1 Å². The van der Waals surface area contributed by atoms with Crippen molar-refractivity contribution in [3.63, 3.8) is 0 Å². The Kier molecular flexibility index (Phi) is 5.43. The molecule has 0 saturated heterocycles. The Balaban J connectivity index is 2.73. The summed E-state index contributed by atoms with van der Waals surface area (Å²) >= 11 is 0. The summed E-state index contributed by atoms with van der Waals surface area (Å²) in [6.07, 6.45) is 0. The zero-order valence-electron chi connectivity index (χ0n) is 16.6. The van der Waals surface area contributed by atoms with E-state index in [9.17, 15) is 0 Å². The third-order valence-electron chi connectivity index (χ3n) is 6.14. The maximum Gasteiger partial charge on any atom is 0.0673 e. The second-order valence-electron chi connectivity index (χ2n) is 8.47. The minimum atomic E-state index is 0.501. The van der Waals surface area contributed by atoms with Gasteiger partial charge in [0.25, 0.3) is 0 Å². The summed E-state index contributed by atoms with van der Waals surface area (Å²) in [5.74, 6) is 3.10. The van der Waals surface area contributed by atoms with Crippen molar-refractivity contribution in [2.24, 2.45) is 17.8 Å². The van der Waals surface area contributed by atoms with E-state index in [-0.39, 0.29) is 0 Å². The minimum absolute atomic E-state index is 0.501. The quantitative estimate of drug-likeness (QED) is 0.690. The second kappa shape index (κ2) is 6.83. The van der Waals surface area contributed by atoms with Crippen molar-refractivity contribution in [2.45, 2.75) is 80.2 Å². The fourth-order valence-corrected chi connectivity index (χ4v) is 4.05. The number of hydrogen-bond donors (Lipinski definition) is 0. The maximum atomic E-state index is 5.04. The van der Waals surface area contributed by atoms with Gasteiger partial charge in [-0.1, -0.05) is 41.5 Å². The highest BCUT2D eigenvalue weighted by atomic mass is 15.2. The van der Waals surface area contributed by atoms with Crippen LogP contribution in [0.1, 0.15) is 84.2 Å². The Hall–Kier alpha value is -1.05. The summed E-state index contributed by atoms with van der Waals surface area (Å²) in [4.78, 5) is 7.67. The number of rotatable bonds is 2. The number of pyridine rings is 1. The molecule has 2 heterocycles. The maximum absolute atomic E-state index is 5.04. The fraction of sp³-hybridized carbons (Fsp3) is 0.762. The summed E-state index contributed by atoms with van der Waals surface area (Å²) in [5, 5.41) is 0. The Morgan fingerprint density at radius 2 is 1.65 bits per heavy atom. The lowest BCUT2D eigenvalue weighted by Crippen LogP contribution is -2.42. The van der Waals surface area contributed by atoms with Gasteiger partial charge in [0.05, 0.1) is 11.4 Å². The normalized spacial score (nSPS) is 28.7. The number of anilines is 1. The molecule has 0 aromatic carbocycles. The molecular weight excluding hydrogens is 280 g/mol. The van der Waals surface area contributed by atoms with Gasteiger partial charge in [0.2, 0.25) is 0 Å². The van der Waals surface area contributed by atoms with E-state index in [2.05, 4.69) is 73.3 Å². The standard InChI is InChI=1S/C21H36N2/c1-12(2)19-10-15(6)22-20-18(9)17(8)16(7)14(5)11-23(13(3)4)21(19)20/h10,12-14,16-18H,11H2,1-9H3/t14-,16-,17-,18-/m1/s1. The molecule has 0 bridgehead atoms. The highest BCUT2D eigenvalue weighted by molar-refractivity contribution is 5.61. The Bertz CT molecular complexity index is 547. The lowest BCUT2D eigenvalue weighted by atomic mass is 9.74. The molecule has 0 spiro atoms. The summed E-state index contributed by atoms with van der Waals surface area (Å²) < 4.78 is 0. The molecule has 0 fully saturated rings. The van der Waals surface area contributed by atoms with Crippen LogP contribution in [0.4, 0.5) is 5.69 Å². The molecule has 0 unspecified atom stereocenters. The van der Waals surface area contributed by atoms with Crippen LogP contribution in [-0.2, 0) is 0 Å². The van der Waals surface area contributed by atoms with Gasteiger partial charge in [-0.05, 0) is 56.1 Å². The van der Waals surface area contributed by atoms with E-state index in [0.717, 1.165) is 12.2 Å². The highest BCUT2D eigenvalue weighted by Gasteiger charge is 2.34. The summed E-state index contributed by atoms with van der Waals surface area (Å²) in [5.41, 5.74) is 5.39. The third-order valence-corrected chi connectivity index (χ3v) is 6.14. The number of aryl methyl sites for hydroxylation is 1. The Morgan fingerprint density at radius 1 is 1.04 bits per heavy atom. The van der Waals surface area contributed by atoms with Crippen LogP contribution in [0.25, 0.3) is 0 Å². The van der Waals surface area contributed by atoms with Crippen LogP contribution in [0.5, 0.6) is 0 Å². The van der Waals surface area contributed by atoms with Crippen molar-refractivity contribution < 1.29 is 0 Å². The van der Waals surface area contributed by atoms with E-state index in [1.165, 1.54) is 16.9 Å². The predicted octanol–water partition coefficient (Wildman–Crippen LogP) is 5.75.